The maximum absolute atomic E-state index is 11.4. The Morgan fingerprint density at radius 3 is 1.82 bits per heavy atom. The number of Topliss-reactive ketones (excluding diaryl/α,β-unsaturated/α-hetero) is 1. The van der Waals surface area contributed by atoms with Crippen molar-refractivity contribution in [1.82, 2.24) is 0 Å². The number of rotatable bonds is 12. The molecule has 0 radical (unpaired) electrons. The second kappa shape index (κ2) is 12.1. The lowest BCUT2D eigenvalue weighted by Crippen LogP contribution is -2.27. The number of unbranched alkanes of at least 4 members (excludes halogenated alkanes) is 1. The van der Waals surface area contributed by atoms with E-state index < -0.39 is 5.97 Å². The zero-order valence-corrected chi connectivity index (χ0v) is 14.1. The lowest BCUT2D eigenvalue weighted by Gasteiger charge is -2.19. The van der Waals surface area contributed by atoms with Gasteiger partial charge in [0, 0.05) is 12.8 Å². The number of esters is 2. The maximum Gasteiger partial charge on any atom is 0.306 e. The van der Waals surface area contributed by atoms with Crippen LogP contribution in [0.2, 0.25) is 0 Å². The van der Waals surface area contributed by atoms with Gasteiger partial charge >= 0.3 is 11.9 Å². The third kappa shape index (κ3) is 12.3. The van der Waals surface area contributed by atoms with Crippen LogP contribution in [0.4, 0.5) is 0 Å². The summed E-state index contributed by atoms with van der Waals surface area (Å²) in [6, 6.07) is 0. The normalized spacial score (nSPS) is 13.3. The van der Waals surface area contributed by atoms with E-state index in [1.54, 1.807) is 13.8 Å². The van der Waals surface area contributed by atoms with Crippen molar-refractivity contribution in [2.24, 2.45) is 0 Å². The molecule has 0 amide bonds. The highest BCUT2D eigenvalue weighted by molar-refractivity contribution is 5.80. The van der Waals surface area contributed by atoms with Crippen molar-refractivity contribution in [3.63, 3.8) is 0 Å². The van der Waals surface area contributed by atoms with E-state index in [-0.39, 0.29) is 50.0 Å². The van der Waals surface area contributed by atoms with Crippen LogP contribution in [0.25, 0.3) is 0 Å². The van der Waals surface area contributed by atoms with Crippen molar-refractivity contribution in [2.45, 2.75) is 72.0 Å². The molecule has 0 saturated carbocycles. The summed E-state index contributed by atoms with van der Waals surface area (Å²) in [6.07, 6.45) is 1.91. The number of hydrogen-bond donors (Lipinski definition) is 0. The molecule has 6 heteroatoms. The average molecular weight is 316 g/mol. The molecule has 0 aromatic rings. The molecule has 0 aliphatic carbocycles. The van der Waals surface area contributed by atoms with Crippen molar-refractivity contribution >= 4 is 17.7 Å². The second-order valence-corrected chi connectivity index (χ2v) is 5.43. The molecule has 22 heavy (non-hydrogen) atoms. The molecule has 0 spiro atoms. The largest absolute Gasteiger partial charge is 0.463 e. The Hall–Kier alpha value is -1.43. The predicted molar refractivity (Wildman–Crippen MR) is 81.4 cm³/mol. The Morgan fingerprint density at radius 1 is 0.864 bits per heavy atom. The lowest BCUT2D eigenvalue weighted by atomic mass is 10.2. The molecule has 6 nitrogen and oxygen atoms in total. The minimum atomic E-state index is -0.413. The SMILES string of the molecule is CCCCC(=O)OCC(C)OC(C)COC(=O)CCC(C)=O. The molecule has 0 heterocycles. The third-order valence-corrected chi connectivity index (χ3v) is 2.84. The fourth-order valence-electron chi connectivity index (χ4n) is 1.64. The lowest BCUT2D eigenvalue weighted by molar-refractivity contribution is -0.154. The average Bonchev–Trinajstić information content (AvgIpc) is 2.46. The number of ketones is 1. The van der Waals surface area contributed by atoms with Crippen molar-refractivity contribution in [1.29, 1.82) is 0 Å². The fourth-order valence-corrected chi connectivity index (χ4v) is 1.64. The van der Waals surface area contributed by atoms with Gasteiger partial charge in [-0.3, -0.25) is 9.59 Å². The molecule has 0 aliphatic rings. The van der Waals surface area contributed by atoms with Crippen LogP contribution in [0.5, 0.6) is 0 Å². The van der Waals surface area contributed by atoms with Crippen molar-refractivity contribution < 1.29 is 28.6 Å². The van der Waals surface area contributed by atoms with Gasteiger partial charge in [-0.1, -0.05) is 13.3 Å². The summed E-state index contributed by atoms with van der Waals surface area (Å²) in [6.45, 7) is 7.31. The van der Waals surface area contributed by atoms with Crippen LogP contribution in [0.1, 0.15) is 59.8 Å². The first-order chi connectivity index (χ1) is 10.3. The summed E-state index contributed by atoms with van der Waals surface area (Å²) in [5.74, 6) is -0.676. The molecular formula is C16H28O6. The Morgan fingerprint density at radius 2 is 1.36 bits per heavy atom. The van der Waals surface area contributed by atoms with Crippen molar-refractivity contribution in [3.05, 3.63) is 0 Å². The Labute approximate surface area is 132 Å². The Kier molecular flexibility index (Phi) is 11.4. The first-order valence-electron chi connectivity index (χ1n) is 7.81. The first-order valence-corrected chi connectivity index (χ1v) is 7.81. The van der Waals surface area contributed by atoms with E-state index in [2.05, 4.69) is 0 Å². The highest BCUT2D eigenvalue weighted by Gasteiger charge is 2.13. The molecular weight excluding hydrogens is 288 g/mol. The second-order valence-electron chi connectivity index (χ2n) is 5.43. The summed E-state index contributed by atoms with van der Waals surface area (Å²) < 4.78 is 15.7. The molecule has 0 saturated heterocycles. The number of hydrogen-bond acceptors (Lipinski definition) is 6. The minimum absolute atomic E-state index is 0.0419. The van der Waals surface area contributed by atoms with E-state index in [9.17, 15) is 14.4 Å². The zero-order valence-electron chi connectivity index (χ0n) is 14.1. The van der Waals surface area contributed by atoms with E-state index in [1.165, 1.54) is 6.92 Å². The Bertz CT molecular complexity index is 353. The molecule has 0 fully saturated rings. The summed E-state index contributed by atoms with van der Waals surface area (Å²) in [5.41, 5.74) is 0. The van der Waals surface area contributed by atoms with Gasteiger partial charge in [0.2, 0.25) is 0 Å². The van der Waals surface area contributed by atoms with Gasteiger partial charge in [0.25, 0.3) is 0 Å². The van der Waals surface area contributed by atoms with Crippen LogP contribution in [0, 0.1) is 0 Å². The molecule has 0 aliphatic heterocycles. The molecule has 2 unspecified atom stereocenters. The van der Waals surface area contributed by atoms with Crippen LogP contribution < -0.4 is 0 Å². The minimum Gasteiger partial charge on any atom is -0.463 e. The molecule has 0 aromatic heterocycles. The molecule has 2 atom stereocenters. The quantitative estimate of drug-likeness (QED) is 0.515. The van der Waals surface area contributed by atoms with E-state index >= 15 is 0 Å². The predicted octanol–water partition coefficient (Wildman–Crippen LogP) is 2.43. The molecule has 0 aromatic carbocycles. The highest BCUT2D eigenvalue weighted by Crippen LogP contribution is 2.03. The van der Waals surface area contributed by atoms with E-state index in [1.807, 2.05) is 6.92 Å². The number of ether oxygens (including phenoxy) is 3. The molecule has 128 valence electrons. The fraction of sp³-hybridized carbons (Fsp3) is 0.812. The smallest absolute Gasteiger partial charge is 0.306 e. The van der Waals surface area contributed by atoms with Crippen molar-refractivity contribution in [2.75, 3.05) is 13.2 Å². The first kappa shape index (κ1) is 20.6. The number of carbonyl (C=O) groups excluding carboxylic acids is 3. The van der Waals surface area contributed by atoms with Crippen LogP contribution >= 0.6 is 0 Å². The monoisotopic (exact) mass is 316 g/mol. The summed E-state index contributed by atoms with van der Waals surface area (Å²) in [4.78, 5) is 33.5. The van der Waals surface area contributed by atoms with E-state index in [4.69, 9.17) is 14.2 Å². The topological polar surface area (TPSA) is 78.9 Å². The molecule has 0 rings (SSSR count). The maximum atomic E-state index is 11.4. The highest BCUT2D eigenvalue weighted by atomic mass is 16.6. The summed E-state index contributed by atoms with van der Waals surface area (Å²) in [5, 5.41) is 0. The molecule has 0 bridgehead atoms. The van der Waals surface area contributed by atoms with Crippen LogP contribution in [0.3, 0.4) is 0 Å². The van der Waals surface area contributed by atoms with Gasteiger partial charge in [-0.2, -0.15) is 0 Å². The zero-order chi connectivity index (χ0) is 17.0. The van der Waals surface area contributed by atoms with Crippen LogP contribution in [-0.2, 0) is 28.6 Å². The van der Waals surface area contributed by atoms with Gasteiger partial charge in [0.1, 0.15) is 19.0 Å². The van der Waals surface area contributed by atoms with Crippen molar-refractivity contribution in [3.8, 4) is 0 Å². The van der Waals surface area contributed by atoms with Gasteiger partial charge in [-0.05, 0) is 27.2 Å². The van der Waals surface area contributed by atoms with Gasteiger partial charge in [0.15, 0.2) is 0 Å². The van der Waals surface area contributed by atoms with Gasteiger partial charge in [0.05, 0.1) is 18.6 Å². The standard InChI is InChI=1S/C16H28O6/c1-5-6-7-15(18)20-10-13(3)22-14(4)11-21-16(19)9-8-12(2)17/h13-14H,5-11H2,1-4H3. The van der Waals surface area contributed by atoms with Gasteiger partial charge in [-0.25, -0.2) is 0 Å². The molecule has 0 N–H and O–H groups in total. The Balaban J connectivity index is 3.77. The third-order valence-electron chi connectivity index (χ3n) is 2.84. The van der Waals surface area contributed by atoms with Gasteiger partial charge in [-0.15, -0.1) is 0 Å². The summed E-state index contributed by atoms with van der Waals surface area (Å²) in [7, 11) is 0. The van der Waals surface area contributed by atoms with E-state index in [0.29, 0.717) is 6.42 Å². The van der Waals surface area contributed by atoms with E-state index in [0.717, 1.165) is 12.8 Å². The van der Waals surface area contributed by atoms with Gasteiger partial charge < -0.3 is 19.0 Å². The summed E-state index contributed by atoms with van der Waals surface area (Å²) >= 11 is 0. The number of carbonyl (C=O) groups is 3. The van der Waals surface area contributed by atoms with Crippen LogP contribution in [0.15, 0.2) is 0 Å². The van der Waals surface area contributed by atoms with Crippen LogP contribution in [-0.4, -0.2) is 43.1 Å².